The van der Waals surface area contributed by atoms with Gasteiger partial charge in [0.15, 0.2) is 0 Å². The molecule has 0 atom stereocenters. The molecule has 22 heavy (non-hydrogen) atoms. The van der Waals surface area contributed by atoms with E-state index in [9.17, 15) is 4.79 Å². The van der Waals surface area contributed by atoms with Gasteiger partial charge in [-0.1, -0.05) is 35.8 Å². The number of hydrogen-bond donors (Lipinski definition) is 2. The van der Waals surface area contributed by atoms with Gasteiger partial charge in [0.05, 0.1) is 5.92 Å². The molecule has 1 aliphatic rings. The number of thioether (sulfide) groups is 1. The van der Waals surface area contributed by atoms with Crippen molar-refractivity contribution in [2.45, 2.75) is 62.3 Å². The second-order valence-electron chi connectivity index (χ2n) is 6.19. The topological polar surface area (TPSA) is 49.3 Å². The van der Waals surface area contributed by atoms with Crippen molar-refractivity contribution in [3.63, 3.8) is 0 Å². The Morgan fingerprint density at radius 1 is 1.36 bits per heavy atom. The summed E-state index contributed by atoms with van der Waals surface area (Å²) in [6.07, 6.45) is 3.50. The van der Waals surface area contributed by atoms with Crippen LogP contribution in [0.5, 0.6) is 0 Å². The van der Waals surface area contributed by atoms with Crippen LogP contribution in [0.1, 0.15) is 45.1 Å². The molecular weight excluding hydrogens is 362 g/mol. The van der Waals surface area contributed by atoms with Gasteiger partial charge in [-0.05, 0) is 43.4 Å². The highest BCUT2D eigenvalue weighted by atomic mass is 79.9. The van der Waals surface area contributed by atoms with Crippen molar-refractivity contribution in [1.29, 1.82) is 0 Å². The van der Waals surface area contributed by atoms with E-state index in [1.807, 2.05) is 11.8 Å². The Labute approximate surface area is 145 Å². The van der Waals surface area contributed by atoms with Gasteiger partial charge in [0.25, 0.3) is 0 Å². The minimum atomic E-state index is -0.637. The number of benzene rings is 1. The maximum Gasteiger partial charge on any atom is 0.306 e. The van der Waals surface area contributed by atoms with Crippen molar-refractivity contribution in [2.75, 3.05) is 0 Å². The van der Waals surface area contributed by atoms with Crippen LogP contribution >= 0.6 is 27.7 Å². The summed E-state index contributed by atoms with van der Waals surface area (Å²) >= 11 is 5.43. The lowest BCUT2D eigenvalue weighted by Gasteiger charge is -2.27. The monoisotopic (exact) mass is 385 g/mol. The predicted molar refractivity (Wildman–Crippen MR) is 95.4 cm³/mol. The normalized spacial score (nSPS) is 22.0. The summed E-state index contributed by atoms with van der Waals surface area (Å²) in [6, 6.07) is 6.88. The molecule has 5 heteroatoms. The molecule has 3 nitrogen and oxygen atoms in total. The number of rotatable bonds is 6. The van der Waals surface area contributed by atoms with Gasteiger partial charge in [-0.2, -0.15) is 0 Å². The van der Waals surface area contributed by atoms with E-state index in [1.165, 1.54) is 10.5 Å². The van der Waals surface area contributed by atoms with E-state index in [-0.39, 0.29) is 5.92 Å². The van der Waals surface area contributed by atoms with E-state index in [0.717, 1.165) is 36.7 Å². The SMILES string of the molecule is CC(C)Sc1cc(Br)ccc1CNC1CCC(C(=O)O)CC1. The molecule has 1 fully saturated rings. The standard InChI is InChI=1S/C17H24BrNO2S/c1-11(2)22-16-9-14(18)6-3-13(16)10-19-15-7-4-12(5-8-15)17(20)21/h3,6,9,11-12,15,19H,4-5,7-8,10H2,1-2H3,(H,20,21). The Hall–Kier alpha value is -0.520. The van der Waals surface area contributed by atoms with Crippen molar-refractivity contribution in [3.8, 4) is 0 Å². The van der Waals surface area contributed by atoms with Crippen LogP contribution in [0.25, 0.3) is 0 Å². The lowest BCUT2D eigenvalue weighted by molar-refractivity contribution is -0.142. The molecule has 1 aliphatic carbocycles. The second-order valence-corrected chi connectivity index (χ2v) is 8.72. The molecule has 0 saturated heterocycles. The molecule has 0 spiro atoms. The van der Waals surface area contributed by atoms with Gasteiger partial charge in [-0.25, -0.2) is 0 Å². The molecule has 0 aliphatic heterocycles. The summed E-state index contributed by atoms with van der Waals surface area (Å²) in [5.74, 6) is -0.778. The Morgan fingerprint density at radius 3 is 2.64 bits per heavy atom. The molecule has 0 unspecified atom stereocenters. The van der Waals surface area contributed by atoms with Crippen molar-refractivity contribution in [1.82, 2.24) is 5.32 Å². The number of carboxylic acids is 1. The molecule has 1 saturated carbocycles. The molecule has 0 heterocycles. The van der Waals surface area contributed by atoms with Crippen LogP contribution in [0.15, 0.2) is 27.6 Å². The molecule has 0 bridgehead atoms. The summed E-state index contributed by atoms with van der Waals surface area (Å²) in [5, 5.41) is 13.2. The zero-order valence-electron chi connectivity index (χ0n) is 13.1. The average Bonchev–Trinajstić information content (AvgIpc) is 2.46. The van der Waals surface area contributed by atoms with Gasteiger partial charge in [0, 0.05) is 27.2 Å². The average molecular weight is 386 g/mol. The van der Waals surface area contributed by atoms with Gasteiger partial charge < -0.3 is 10.4 Å². The summed E-state index contributed by atoms with van der Waals surface area (Å²) in [4.78, 5) is 12.3. The fourth-order valence-corrected chi connectivity index (χ4v) is 4.34. The van der Waals surface area contributed by atoms with Crippen LogP contribution < -0.4 is 5.32 Å². The third-order valence-electron chi connectivity index (χ3n) is 4.05. The third-order valence-corrected chi connectivity index (χ3v) is 5.65. The van der Waals surface area contributed by atoms with Crippen molar-refractivity contribution < 1.29 is 9.90 Å². The summed E-state index contributed by atoms with van der Waals surface area (Å²) < 4.78 is 1.11. The zero-order valence-corrected chi connectivity index (χ0v) is 15.5. The lowest BCUT2D eigenvalue weighted by atomic mass is 9.86. The molecule has 0 aromatic heterocycles. The minimum Gasteiger partial charge on any atom is -0.481 e. The molecule has 0 radical (unpaired) electrons. The van der Waals surface area contributed by atoms with Gasteiger partial charge in [0.1, 0.15) is 0 Å². The maximum atomic E-state index is 11.0. The lowest BCUT2D eigenvalue weighted by Crippen LogP contribution is -2.34. The Kier molecular flexibility index (Phi) is 6.78. The van der Waals surface area contributed by atoms with Crippen LogP contribution in [-0.2, 0) is 11.3 Å². The second kappa shape index (κ2) is 8.37. The van der Waals surface area contributed by atoms with E-state index in [0.29, 0.717) is 11.3 Å². The fourth-order valence-electron chi connectivity index (χ4n) is 2.84. The number of carboxylic acid groups (broad SMARTS) is 1. The van der Waals surface area contributed by atoms with E-state index >= 15 is 0 Å². The van der Waals surface area contributed by atoms with Gasteiger partial charge in [0.2, 0.25) is 0 Å². The predicted octanol–water partition coefficient (Wildman–Crippen LogP) is 4.68. The Balaban J connectivity index is 1.90. The van der Waals surface area contributed by atoms with Gasteiger partial charge in [-0.15, -0.1) is 11.8 Å². The quantitative estimate of drug-likeness (QED) is 0.697. The van der Waals surface area contributed by atoms with Crippen LogP contribution in [0.2, 0.25) is 0 Å². The number of aliphatic carboxylic acids is 1. The number of nitrogens with one attached hydrogen (secondary N) is 1. The Bertz CT molecular complexity index is 513. The number of carbonyl (C=O) groups is 1. The summed E-state index contributed by atoms with van der Waals surface area (Å²) in [5.41, 5.74) is 1.32. The van der Waals surface area contributed by atoms with E-state index in [1.54, 1.807) is 0 Å². The van der Waals surface area contributed by atoms with E-state index < -0.39 is 5.97 Å². The highest BCUT2D eigenvalue weighted by Crippen LogP contribution is 2.30. The van der Waals surface area contributed by atoms with Gasteiger partial charge >= 0.3 is 5.97 Å². The summed E-state index contributed by atoms with van der Waals surface area (Å²) in [6.45, 7) is 5.26. The molecule has 0 amide bonds. The first-order valence-corrected chi connectivity index (χ1v) is 9.54. The fraction of sp³-hybridized carbons (Fsp3) is 0.588. The first-order valence-electron chi connectivity index (χ1n) is 7.87. The number of halogens is 1. The van der Waals surface area contributed by atoms with Crippen LogP contribution in [-0.4, -0.2) is 22.4 Å². The molecule has 1 aromatic carbocycles. The van der Waals surface area contributed by atoms with E-state index in [2.05, 4.69) is 53.3 Å². The first-order chi connectivity index (χ1) is 10.5. The smallest absolute Gasteiger partial charge is 0.306 e. The third kappa shape index (κ3) is 5.28. The molecular formula is C17H24BrNO2S. The largest absolute Gasteiger partial charge is 0.481 e. The number of hydrogen-bond acceptors (Lipinski definition) is 3. The molecule has 122 valence electrons. The summed E-state index contributed by atoms with van der Waals surface area (Å²) in [7, 11) is 0. The van der Waals surface area contributed by atoms with Crippen molar-refractivity contribution >= 4 is 33.7 Å². The Morgan fingerprint density at radius 2 is 2.05 bits per heavy atom. The van der Waals surface area contributed by atoms with Crippen molar-refractivity contribution in [3.05, 3.63) is 28.2 Å². The molecule has 2 rings (SSSR count). The molecule has 2 N–H and O–H groups in total. The van der Waals surface area contributed by atoms with Crippen LogP contribution in [0, 0.1) is 5.92 Å². The zero-order chi connectivity index (χ0) is 16.1. The minimum absolute atomic E-state index is 0.141. The van der Waals surface area contributed by atoms with E-state index in [4.69, 9.17) is 5.11 Å². The maximum absolute atomic E-state index is 11.0. The highest BCUT2D eigenvalue weighted by Gasteiger charge is 2.25. The molecule has 1 aromatic rings. The van der Waals surface area contributed by atoms with Gasteiger partial charge in [-0.3, -0.25) is 4.79 Å². The first kappa shape index (κ1) is 17.8. The van der Waals surface area contributed by atoms with Crippen LogP contribution in [0.4, 0.5) is 0 Å². The van der Waals surface area contributed by atoms with Crippen molar-refractivity contribution in [2.24, 2.45) is 5.92 Å². The highest BCUT2D eigenvalue weighted by molar-refractivity contribution is 9.10. The van der Waals surface area contributed by atoms with Crippen LogP contribution in [0.3, 0.4) is 0 Å².